The van der Waals surface area contributed by atoms with Gasteiger partial charge in [-0.15, -0.1) is 0 Å². The minimum atomic E-state index is -1.10. The Labute approximate surface area is 100 Å². The highest BCUT2D eigenvalue weighted by atomic mass is 16.6. The fourth-order valence-corrected chi connectivity index (χ4v) is 1.21. The molecule has 5 heteroatoms. The van der Waals surface area contributed by atoms with Crippen molar-refractivity contribution in [3.8, 4) is 5.88 Å². The molecule has 0 fully saturated rings. The second kappa shape index (κ2) is 5.63. The summed E-state index contributed by atoms with van der Waals surface area (Å²) in [5.74, 6) is -0.161. The molecule has 1 rings (SSSR count). The average Bonchev–Trinajstić information content (AvgIpc) is 2.29. The monoisotopic (exact) mass is 239 g/mol. The SMILES string of the molecule is CCOC(=O)C(C)(C)Oc1cccc(CO)n1. The first-order chi connectivity index (χ1) is 7.99. The molecule has 0 aliphatic rings. The first-order valence-electron chi connectivity index (χ1n) is 5.42. The molecule has 1 heterocycles. The van der Waals surface area contributed by atoms with Gasteiger partial charge in [0.1, 0.15) is 0 Å². The lowest BCUT2D eigenvalue weighted by molar-refractivity contribution is -0.158. The van der Waals surface area contributed by atoms with Gasteiger partial charge in [0.05, 0.1) is 18.9 Å². The van der Waals surface area contributed by atoms with Crippen LogP contribution in [0.5, 0.6) is 5.88 Å². The van der Waals surface area contributed by atoms with Crippen molar-refractivity contribution in [3.05, 3.63) is 23.9 Å². The second-order valence-corrected chi connectivity index (χ2v) is 3.96. The number of carbonyl (C=O) groups is 1. The van der Waals surface area contributed by atoms with Crippen LogP contribution in [0.2, 0.25) is 0 Å². The Bertz CT molecular complexity index is 390. The van der Waals surface area contributed by atoms with Crippen LogP contribution in [-0.2, 0) is 16.1 Å². The Morgan fingerprint density at radius 3 is 2.76 bits per heavy atom. The van der Waals surface area contributed by atoms with Crippen LogP contribution in [0.1, 0.15) is 26.5 Å². The van der Waals surface area contributed by atoms with Crippen LogP contribution < -0.4 is 4.74 Å². The van der Waals surface area contributed by atoms with E-state index in [0.29, 0.717) is 12.3 Å². The number of aliphatic hydroxyl groups is 1. The van der Waals surface area contributed by atoms with Crippen LogP contribution >= 0.6 is 0 Å². The molecule has 0 atom stereocenters. The zero-order chi connectivity index (χ0) is 12.9. The molecule has 1 N–H and O–H groups in total. The first-order valence-corrected chi connectivity index (χ1v) is 5.42. The van der Waals surface area contributed by atoms with E-state index in [4.69, 9.17) is 14.6 Å². The Kier molecular flexibility index (Phi) is 4.45. The smallest absolute Gasteiger partial charge is 0.349 e. The van der Waals surface area contributed by atoms with Gasteiger partial charge in [-0.2, -0.15) is 0 Å². The predicted molar refractivity (Wildman–Crippen MR) is 61.5 cm³/mol. The molecule has 0 amide bonds. The largest absolute Gasteiger partial charge is 0.463 e. The molecular formula is C12H17NO4. The van der Waals surface area contributed by atoms with Gasteiger partial charge in [0.15, 0.2) is 0 Å². The highest BCUT2D eigenvalue weighted by Crippen LogP contribution is 2.17. The molecule has 0 saturated heterocycles. The van der Waals surface area contributed by atoms with Crippen LogP contribution in [0.25, 0.3) is 0 Å². The third-order valence-electron chi connectivity index (χ3n) is 2.07. The topological polar surface area (TPSA) is 68.7 Å². The van der Waals surface area contributed by atoms with Gasteiger partial charge in [0.2, 0.25) is 11.5 Å². The number of esters is 1. The number of nitrogens with zero attached hydrogens (tertiary/aromatic N) is 1. The van der Waals surface area contributed by atoms with Crippen molar-refractivity contribution < 1.29 is 19.4 Å². The molecule has 0 saturated carbocycles. The molecule has 0 aromatic carbocycles. The molecular weight excluding hydrogens is 222 g/mol. The van der Waals surface area contributed by atoms with E-state index < -0.39 is 11.6 Å². The van der Waals surface area contributed by atoms with E-state index in [2.05, 4.69) is 4.98 Å². The molecule has 1 aromatic rings. The summed E-state index contributed by atoms with van der Waals surface area (Å²) in [6.45, 7) is 5.09. The normalized spacial score (nSPS) is 11.1. The van der Waals surface area contributed by atoms with Gasteiger partial charge in [-0.1, -0.05) is 6.07 Å². The maximum atomic E-state index is 11.6. The van der Waals surface area contributed by atoms with Crippen molar-refractivity contribution in [2.75, 3.05) is 6.61 Å². The summed E-state index contributed by atoms with van der Waals surface area (Å²) >= 11 is 0. The van der Waals surface area contributed by atoms with Crippen molar-refractivity contribution >= 4 is 5.97 Å². The molecule has 0 aliphatic heterocycles. The highest BCUT2D eigenvalue weighted by Gasteiger charge is 2.32. The number of hydrogen-bond donors (Lipinski definition) is 1. The van der Waals surface area contributed by atoms with E-state index in [0.717, 1.165) is 0 Å². The van der Waals surface area contributed by atoms with Gasteiger partial charge in [-0.3, -0.25) is 0 Å². The number of rotatable bonds is 5. The summed E-state index contributed by atoms with van der Waals surface area (Å²) in [4.78, 5) is 15.6. The lowest BCUT2D eigenvalue weighted by atomic mass is 10.1. The molecule has 0 bridgehead atoms. The van der Waals surface area contributed by atoms with Crippen molar-refractivity contribution in [2.45, 2.75) is 33.0 Å². The van der Waals surface area contributed by atoms with E-state index in [-0.39, 0.29) is 12.5 Å². The fourth-order valence-electron chi connectivity index (χ4n) is 1.21. The Balaban J connectivity index is 2.78. The molecule has 1 aromatic heterocycles. The van der Waals surface area contributed by atoms with E-state index >= 15 is 0 Å². The van der Waals surface area contributed by atoms with Crippen LogP contribution in [0.4, 0.5) is 0 Å². The zero-order valence-electron chi connectivity index (χ0n) is 10.3. The molecule has 0 unspecified atom stereocenters. The maximum absolute atomic E-state index is 11.6. The zero-order valence-corrected chi connectivity index (χ0v) is 10.3. The van der Waals surface area contributed by atoms with Crippen molar-refractivity contribution in [1.82, 2.24) is 4.98 Å². The number of hydrogen-bond acceptors (Lipinski definition) is 5. The fraction of sp³-hybridized carbons (Fsp3) is 0.500. The molecule has 17 heavy (non-hydrogen) atoms. The molecule has 5 nitrogen and oxygen atoms in total. The number of ether oxygens (including phenoxy) is 2. The summed E-state index contributed by atoms with van der Waals surface area (Å²) in [7, 11) is 0. The van der Waals surface area contributed by atoms with Crippen LogP contribution in [0.15, 0.2) is 18.2 Å². The number of aromatic nitrogens is 1. The molecule has 0 aliphatic carbocycles. The van der Waals surface area contributed by atoms with Crippen molar-refractivity contribution in [2.24, 2.45) is 0 Å². The molecule has 0 radical (unpaired) electrons. The Hall–Kier alpha value is -1.62. The van der Waals surface area contributed by atoms with E-state index in [9.17, 15) is 4.79 Å². The first kappa shape index (κ1) is 13.4. The summed E-state index contributed by atoms with van der Waals surface area (Å²) in [6.07, 6.45) is 0. The Morgan fingerprint density at radius 1 is 1.47 bits per heavy atom. The van der Waals surface area contributed by atoms with Gasteiger partial charge in [0.25, 0.3) is 0 Å². The van der Waals surface area contributed by atoms with E-state index in [1.165, 1.54) is 0 Å². The predicted octanol–water partition coefficient (Wildman–Crippen LogP) is 1.29. The van der Waals surface area contributed by atoms with E-state index in [1.807, 2.05) is 0 Å². The summed E-state index contributed by atoms with van der Waals surface area (Å²) in [6, 6.07) is 5.00. The lowest BCUT2D eigenvalue weighted by Crippen LogP contribution is -2.40. The van der Waals surface area contributed by atoms with Gasteiger partial charge < -0.3 is 14.6 Å². The van der Waals surface area contributed by atoms with Gasteiger partial charge in [0, 0.05) is 6.07 Å². The van der Waals surface area contributed by atoms with Crippen LogP contribution in [0, 0.1) is 0 Å². The number of pyridine rings is 1. The third-order valence-corrected chi connectivity index (χ3v) is 2.07. The summed E-state index contributed by atoms with van der Waals surface area (Å²) in [5.41, 5.74) is -0.612. The van der Waals surface area contributed by atoms with Gasteiger partial charge in [-0.05, 0) is 26.8 Å². The van der Waals surface area contributed by atoms with Crippen LogP contribution in [-0.4, -0.2) is 28.3 Å². The summed E-state index contributed by atoms with van der Waals surface area (Å²) < 4.78 is 10.4. The minimum Gasteiger partial charge on any atom is -0.463 e. The van der Waals surface area contributed by atoms with Crippen molar-refractivity contribution in [3.63, 3.8) is 0 Å². The highest BCUT2D eigenvalue weighted by molar-refractivity contribution is 5.78. The number of carbonyl (C=O) groups excluding carboxylic acids is 1. The maximum Gasteiger partial charge on any atom is 0.349 e. The van der Waals surface area contributed by atoms with E-state index in [1.54, 1.807) is 39.0 Å². The van der Waals surface area contributed by atoms with Crippen molar-refractivity contribution in [1.29, 1.82) is 0 Å². The van der Waals surface area contributed by atoms with Gasteiger partial charge in [-0.25, -0.2) is 9.78 Å². The van der Waals surface area contributed by atoms with Crippen LogP contribution in [0.3, 0.4) is 0 Å². The summed E-state index contributed by atoms with van der Waals surface area (Å²) in [5, 5.41) is 8.94. The lowest BCUT2D eigenvalue weighted by Gasteiger charge is -2.23. The molecule has 94 valence electrons. The second-order valence-electron chi connectivity index (χ2n) is 3.96. The standard InChI is InChI=1S/C12H17NO4/c1-4-16-11(15)12(2,3)17-10-7-5-6-9(8-14)13-10/h5-7,14H,4,8H2,1-3H3. The number of aliphatic hydroxyl groups excluding tert-OH is 1. The quantitative estimate of drug-likeness (QED) is 0.784. The molecule has 0 spiro atoms. The third kappa shape index (κ3) is 3.71. The minimum absolute atomic E-state index is 0.170. The van der Waals surface area contributed by atoms with Gasteiger partial charge >= 0.3 is 5.97 Å². The average molecular weight is 239 g/mol. The Morgan fingerprint density at radius 2 is 2.18 bits per heavy atom.